The highest BCUT2D eigenvalue weighted by molar-refractivity contribution is 5.82. The molecule has 0 spiro atoms. The summed E-state index contributed by atoms with van der Waals surface area (Å²) in [5.74, 6) is 0.935. The van der Waals surface area contributed by atoms with Gasteiger partial charge >= 0.3 is 0 Å². The van der Waals surface area contributed by atoms with E-state index in [9.17, 15) is 4.79 Å². The molecule has 1 aliphatic heterocycles. The second-order valence-electron chi connectivity index (χ2n) is 4.23. The van der Waals surface area contributed by atoms with Crippen molar-refractivity contribution in [1.82, 2.24) is 15.6 Å². The Morgan fingerprint density at radius 1 is 1.59 bits per heavy atom. The minimum absolute atomic E-state index is 0.0603. The molecule has 92 valence electrons. The average molecular weight is 234 g/mol. The van der Waals surface area contributed by atoms with Gasteiger partial charge in [0.15, 0.2) is 0 Å². The molecule has 5 heteroatoms. The minimum atomic E-state index is 0.0603. The van der Waals surface area contributed by atoms with Gasteiger partial charge in [0.2, 0.25) is 5.91 Å². The number of nitrogens with one attached hydrogen (secondary N) is 2. The zero-order valence-electron chi connectivity index (χ0n) is 10.2. The van der Waals surface area contributed by atoms with E-state index in [1.54, 1.807) is 6.20 Å². The van der Waals surface area contributed by atoms with Crippen LogP contribution in [-0.2, 0) is 4.79 Å². The fourth-order valence-electron chi connectivity index (χ4n) is 1.88. The summed E-state index contributed by atoms with van der Waals surface area (Å²) in [4.78, 5) is 17.7. The lowest BCUT2D eigenvalue weighted by molar-refractivity contribution is -0.120. The maximum atomic E-state index is 11.3. The molecule has 1 saturated heterocycles. The summed E-state index contributed by atoms with van der Waals surface area (Å²) in [6, 6.07) is 4.32. The number of nitrogens with zero attached hydrogens (tertiary/aromatic N) is 2. The predicted octanol–water partition coefficient (Wildman–Crippen LogP) is 0.298. The lowest BCUT2D eigenvalue weighted by Crippen LogP contribution is -2.48. The van der Waals surface area contributed by atoms with Gasteiger partial charge in [0.1, 0.15) is 5.82 Å². The number of anilines is 1. The maximum Gasteiger partial charge on any atom is 0.239 e. The first-order chi connectivity index (χ1) is 8.20. The maximum absolute atomic E-state index is 11.3. The molecule has 1 aromatic rings. The molecular weight excluding hydrogens is 216 g/mol. The highest BCUT2D eigenvalue weighted by atomic mass is 16.2. The van der Waals surface area contributed by atoms with Crippen molar-refractivity contribution >= 4 is 11.7 Å². The highest BCUT2D eigenvalue weighted by Crippen LogP contribution is 2.18. The monoisotopic (exact) mass is 234 g/mol. The Morgan fingerprint density at radius 2 is 2.41 bits per heavy atom. The van der Waals surface area contributed by atoms with E-state index in [0.29, 0.717) is 13.1 Å². The summed E-state index contributed by atoms with van der Waals surface area (Å²) in [5.41, 5.74) is 1.18. The lowest BCUT2D eigenvalue weighted by atomic mass is 10.1. The summed E-state index contributed by atoms with van der Waals surface area (Å²) in [6.07, 6.45) is 1.80. The summed E-state index contributed by atoms with van der Waals surface area (Å²) in [6.45, 7) is 3.99. The van der Waals surface area contributed by atoms with Crippen LogP contribution < -0.4 is 15.5 Å². The van der Waals surface area contributed by atoms with Gasteiger partial charge in [-0.05, 0) is 31.7 Å². The van der Waals surface area contributed by atoms with Crippen molar-refractivity contribution < 1.29 is 4.79 Å². The molecule has 2 N–H and O–H groups in total. The van der Waals surface area contributed by atoms with Crippen molar-refractivity contribution in [2.45, 2.75) is 13.0 Å². The normalized spacial score (nSPS) is 17.8. The van der Waals surface area contributed by atoms with Crippen LogP contribution in [0.2, 0.25) is 0 Å². The van der Waals surface area contributed by atoms with Crippen molar-refractivity contribution in [2.75, 3.05) is 31.6 Å². The van der Waals surface area contributed by atoms with E-state index in [1.165, 1.54) is 5.56 Å². The molecular formula is C12H18N4O. The zero-order chi connectivity index (χ0) is 12.3. The molecule has 1 aromatic heterocycles. The van der Waals surface area contributed by atoms with E-state index in [1.807, 2.05) is 24.1 Å². The summed E-state index contributed by atoms with van der Waals surface area (Å²) >= 11 is 0. The van der Waals surface area contributed by atoms with Gasteiger partial charge in [-0.15, -0.1) is 0 Å². The number of aromatic nitrogens is 1. The molecule has 1 atom stereocenters. The summed E-state index contributed by atoms with van der Waals surface area (Å²) in [7, 11) is 1.93. The molecule has 1 aliphatic rings. The van der Waals surface area contributed by atoms with Crippen LogP contribution >= 0.6 is 0 Å². The molecule has 1 amide bonds. The van der Waals surface area contributed by atoms with Crippen molar-refractivity contribution in [1.29, 1.82) is 0 Å². The number of carbonyl (C=O) groups is 1. The summed E-state index contributed by atoms with van der Waals surface area (Å²) < 4.78 is 0. The van der Waals surface area contributed by atoms with Gasteiger partial charge in [0, 0.05) is 25.3 Å². The number of amides is 1. The summed E-state index contributed by atoms with van der Waals surface area (Å²) in [5, 5.41) is 6.00. The lowest BCUT2D eigenvalue weighted by Gasteiger charge is -2.28. The first-order valence-corrected chi connectivity index (χ1v) is 5.85. The second-order valence-corrected chi connectivity index (χ2v) is 4.23. The van der Waals surface area contributed by atoms with E-state index in [0.717, 1.165) is 12.4 Å². The fourth-order valence-corrected chi connectivity index (χ4v) is 1.88. The quantitative estimate of drug-likeness (QED) is 0.789. The molecule has 1 fully saturated rings. The number of pyridine rings is 1. The molecule has 17 heavy (non-hydrogen) atoms. The Labute approximate surface area is 101 Å². The smallest absolute Gasteiger partial charge is 0.239 e. The van der Waals surface area contributed by atoms with Crippen molar-refractivity contribution in [3.05, 3.63) is 23.9 Å². The largest absolute Gasteiger partial charge is 0.353 e. The van der Waals surface area contributed by atoms with Gasteiger partial charge in [0.25, 0.3) is 0 Å². The Hall–Kier alpha value is -1.62. The zero-order valence-corrected chi connectivity index (χ0v) is 10.2. The second kappa shape index (κ2) is 5.14. The van der Waals surface area contributed by atoms with Gasteiger partial charge in [-0.25, -0.2) is 4.98 Å². The van der Waals surface area contributed by atoms with E-state index in [4.69, 9.17) is 0 Å². The first kappa shape index (κ1) is 11.9. The van der Waals surface area contributed by atoms with Gasteiger partial charge in [-0.1, -0.05) is 0 Å². The Kier molecular flexibility index (Phi) is 3.58. The van der Waals surface area contributed by atoms with Gasteiger partial charge in [-0.2, -0.15) is 0 Å². The molecule has 2 heterocycles. The van der Waals surface area contributed by atoms with E-state index in [2.05, 4.69) is 22.5 Å². The van der Waals surface area contributed by atoms with Gasteiger partial charge in [-0.3, -0.25) is 4.79 Å². The number of hydrogen-bond donors (Lipinski definition) is 2. The molecule has 0 aliphatic carbocycles. The van der Waals surface area contributed by atoms with Crippen LogP contribution in [-0.4, -0.2) is 37.6 Å². The van der Waals surface area contributed by atoms with Crippen molar-refractivity contribution in [3.8, 4) is 0 Å². The third kappa shape index (κ3) is 2.74. The first-order valence-electron chi connectivity index (χ1n) is 5.85. The van der Waals surface area contributed by atoms with Crippen LogP contribution in [0.4, 0.5) is 5.82 Å². The molecule has 2 rings (SSSR count). The minimum Gasteiger partial charge on any atom is -0.353 e. The highest BCUT2D eigenvalue weighted by Gasteiger charge is 2.17. The van der Waals surface area contributed by atoms with Gasteiger partial charge < -0.3 is 15.5 Å². The van der Waals surface area contributed by atoms with Crippen LogP contribution in [0.15, 0.2) is 18.3 Å². The van der Waals surface area contributed by atoms with Crippen LogP contribution in [0.5, 0.6) is 0 Å². The fraction of sp³-hybridized carbons (Fsp3) is 0.500. The third-order valence-electron chi connectivity index (χ3n) is 3.06. The van der Waals surface area contributed by atoms with Crippen molar-refractivity contribution in [3.63, 3.8) is 0 Å². The van der Waals surface area contributed by atoms with E-state index in [-0.39, 0.29) is 11.9 Å². The molecule has 0 aromatic carbocycles. The van der Waals surface area contributed by atoms with Crippen LogP contribution in [0.25, 0.3) is 0 Å². The number of hydrogen-bond acceptors (Lipinski definition) is 4. The van der Waals surface area contributed by atoms with Crippen LogP contribution in [0.1, 0.15) is 18.5 Å². The molecule has 0 saturated carbocycles. The number of rotatable bonds is 3. The standard InChI is InChI=1S/C12H18N4O/c1-9(13-2)10-3-4-14-11(7-10)16-6-5-15-12(17)8-16/h3-4,7,9,13H,5-6,8H2,1-2H3,(H,15,17). The van der Waals surface area contributed by atoms with Crippen LogP contribution in [0.3, 0.4) is 0 Å². The predicted molar refractivity (Wildman–Crippen MR) is 66.9 cm³/mol. The van der Waals surface area contributed by atoms with Crippen LogP contribution in [0, 0.1) is 0 Å². The number of piperazine rings is 1. The Morgan fingerprint density at radius 3 is 3.12 bits per heavy atom. The Balaban J connectivity index is 2.17. The molecule has 1 unspecified atom stereocenters. The van der Waals surface area contributed by atoms with E-state index < -0.39 is 0 Å². The molecule has 0 bridgehead atoms. The average Bonchev–Trinajstić information content (AvgIpc) is 2.38. The Bertz CT molecular complexity index is 407. The van der Waals surface area contributed by atoms with Gasteiger partial charge in [0.05, 0.1) is 6.54 Å². The molecule has 0 radical (unpaired) electrons. The number of carbonyl (C=O) groups excluding carboxylic acids is 1. The topological polar surface area (TPSA) is 57.3 Å². The van der Waals surface area contributed by atoms with E-state index >= 15 is 0 Å². The SMILES string of the molecule is CNC(C)c1ccnc(N2CCNC(=O)C2)c1. The van der Waals surface area contributed by atoms with Crippen molar-refractivity contribution in [2.24, 2.45) is 0 Å². The molecule has 5 nitrogen and oxygen atoms in total. The third-order valence-corrected chi connectivity index (χ3v) is 3.06.